The molecule has 1 aromatic heterocycles. The van der Waals surface area contributed by atoms with Crippen molar-refractivity contribution in [3.63, 3.8) is 0 Å². The van der Waals surface area contributed by atoms with Crippen LogP contribution < -0.4 is 9.47 Å². The first-order valence-corrected chi connectivity index (χ1v) is 5.94. The highest BCUT2D eigenvalue weighted by Gasteiger charge is 2.08. The summed E-state index contributed by atoms with van der Waals surface area (Å²) in [5, 5.41) is 3.75. The van der Waals surface area contributed by atoms with Crippen molar-refractivity contribution in [3.05, 3.63) is 53.2 Å². The Kier molecular flexibility index (Phi) is 3.68. The van der Waals surface area contributed by atoms with Gasteiger partial charge in [-0.15, -0.1) is 0 Å². The number of rotatable bonds is 3. The number of pyridine rings is 1. The molecule has 0 aliphatic rings. The first-order valence-electron chi connectivity index (χ1n) is 5.94. The molecule has 1 heterocycles. The maximum atomic E-state index is 8.64. The van der Waals surface area contributed by atoms with Gasteiger partial charge in [-0.25, -0.2) is 4.57 Å². The smallest absolute Gasteiger partial charge is 0.178 e. The van der Waals surface area contributed by atoms with E-state index in [1.165, 1.54) is 0 Å². The molecular formula is C14H16N5+. The van der Waals surface area contributed by atoms with Crippen LogP contribution in [0.3, 0.4) is 0 Å². The van der Waals surface area contributed by atoms with E-state index >= 15 is 0 Å². The molecule has 0 unspecified atom stereocenters. The molecule has 0 N–H and O–H groups in total. The molecule has 0 atom stereocenters. The Balaban J connectivity index is 2.49. The van der Waals surface area contributed by atoms with Gasteiger partial charge in [0.25, 0.3) is 0 Å². The molecule has 0 aliphatic carbocycles. The molecule has 0 aliphatic heterocycles. The normalized spacial score (nSPS) is 9.84. The van der Waals surface area contributed by atoms with E-state index in [4.69, 9.17) is 5.53 Å². The summed E-state index contributed by atoms with van der Waals surface area (Å²) in [4.78, 5) is 4.93. The lowest BCUT2D eigenvalue weighted by Crippen LogP contribution is -2.25. The predicted molar refractivity (Wildman–Crippen MR) is 76.2 cm³/mol. The number of aromatic nitrogens is 1. The summed E-state index contributed by atoms with van der Waals surface area (Å²) in [6.07, 6.45) is 3.75. The van der Waals surface area contributed by atoms with Crippen molar-refractivity contribution in [1.29, 1.82) is 0 Å². The lowest BCUT2D eigenvalue weighted by atomic mass is 10.1. The van der Waals surface area contributed by atoms with Crippen LogP contribution in [0, 0.1) is 0 Å². The number of hydrogen-bond acceptors (Lipinski definition) is 2. The Labute approximate surface area is 112 Å². The van der Waals surface area contributed by atoms with Crippen molar-refractivity contribution in [1.82, 2.24) is 0 Å². The van der Waals surface area contributed by atoms with Crippen molar-refractivity contribution < 1.29 is 4.57 Å². The van der Waals surface area contributed by atoms with Crippen molar-refractivity contribution in [2.75, 3.05) is 19.0 Å². The number of anilines is 1. The number of aryl methyl sites for hydroxylation is 1. The predicted octanol–water partition coefficient (Wildman–Crippen LogP) is 3.19. The van der Waals surface area contributed by atoms with E-state index in [9.17, 15) is 0 Å². The second-order valence-corrected chi connectivity index (χ2v) is 4.54. The van der Waals surface area contributed by atoms with Gasteiger partial charge in [-0.05, 0) is 23.2 Å². The van der Waals surface area contributed by atoms with Crippen molar-refractivity contribution in [2.45, 2.75) is 0 Å². The highest BCUT2D eigenvalue weighted by Crippen LogP contribution is 2.30. The maximum Gasteiger partial charge on any atom is 0.178 e. The molecule has 0 bridgehead atoms. The van der Waals surface area contributed by atoms with Crippen LogP contribution in [-0.2, 0) is 7.05 Å². The summed E-state index contributed by atoms with van der Waals surface area (Å²) in [7, 11) is 5.90. The van der Waals surface area contributed by atoms with E-state index in [1.54, 1.807) is 0 Å². The number of hydrogen-bond donors (Lipinski definition) is 0. The van der Waals surface area contributed by atoms with Crippen LogP contribution in [0.1, 0.15) is 0 Å². The Morgan fingerprint density at radius 3 is 2.42 bits per heavy atom. The second kappa shape index (κ2) is 5.42. The van der Waals surface area contributed by atoms with Crippen LogP contribution >= 0.6 is 0 Å². The first kappa shape index (κ1) is 12.9. The molecule has 0 spiro atoms. The molecule has 5 heteroatoms. The quantitative estimate of drug-likeness (QED) is 0.359. The van der Waals surface area contributed by atoms with Crippen LogP contribution in [0.15, 0.2) is 47.8 Å². The second-order valence-electron chi connectivity index (χ2n) is 4.54. The highest BCUT2D eigenvalue weighted by molar-refractivity contribution is 5.75. The minimum absolute atomic E-state index is 0.630. The van der Waals surface area contributed by atoms with E-state index in [0.717, 1.165) is 16.8 Å². The largest absolute Gasteiger partial charge is 0.378 e. The average molecular weight is 254 g/mol. The topological polar surface area (TPSA) is 55.9 Å². The van der Waals surface area contributed by atoms with E-state index in [0.29, 0.717) is 5.69 Å². The van der Waals surface area contributed by atoms with Gasteiger partial charge in [0, 0.05) is 36.3 Å². The molecule has 96 valence electrons. The molecule has 2 aromatic rings. The van der Waals surface area contributed by atoms with Crippen LogP contribution in [0.2, 0.25) is 0 Å². The zero-order valence-electron chi connectivity index (χ0n) is 11.3. The van der Waals surface area contributed by atoms with E-state index in [1.807, 2.05) is 73.3 Å². The minimum atomic E-state index is 0.630. The Bertz CT molecular complexity index is 625. The molecule has 5 nitrogen and oxygen atoms in total. The summed E-state index contributed by atoms with van der Waals surface area (Å²) >= 11 is 0. The maximum absolute atomic E-state index is 8.64. The van der Waals surface area contributed by atoms with E-state index in [2.05, 4.69) is 10.0 Å². The van der Waals surface area contributed by atoms with Crippen molar-refractivity contribution in [3.8, 4) is 11.1 Å². The highest BCUT2D eigenvalue weighted by atomic mass is 15.1. The third-order valence-electron chi connectivity index (χ3n) is 2.93. The molecule has 0 radical (unpaired) electrons. The van der Waals surface area contributed by atoms with Gasteiger partial charge in [-0.1, -0.05) is 17.2 Å². The Morgan fingerprint density at radius 2 is 1.84 bits per heavy atom. The van der Waals surface area contributed by atoms with Crippen LogP contribution in [0.5, 0.6) is 0 Å². The molecule has 2 rings (SSSR count). The van der Waals surface area contributed by atoms with Gasteiger partial charge in [0.2, 0.25) is 0 Å². The lowest BCUT2D eigenvalue weighted by Gasteiger charge is -2.13. The van der Waals surface area contributed by atoms with Crippen LogP contribution in [0.4, 0.5) is 11.4 Å². The van der Waals surface area contributed by atoms with Crippen molar-refractivity contribution in [2.24, 2.45) is 12.2 Å². The standard InChI is InChI=1S/C14H16N5/c1-18(2)12-6-4-11(5-7-12)13-8-9-19(3)10-14(13)16-17-15/h4-10H,1-3H3/q+1. The van der Waals surface area contributed by atoms with Crippen LogP contribution in [-0.4, -0.2) is 14.1 Å². The molecule has 0 fully saturated rings. The number of benzene rings is 1. The third-order valence-corrected chi connectivity index (χ3v) is 2.93. The lowest BCUT2D eigenvalue weighted by molar-refractivity contribution is -0.670. The van der Waals surface area contributed by atoms with Gasteiger partial charge in [0.15, 0.2) is 12.4 Å². The molecule has 0 amide bonds. The van der Waals surface area contributed by atoms with Gasteiger partial charge in [-0.3, -0.25) is 0 Å². The van der Waals surface area contributed by atoms with E-state index < -0.39 is 0 Å². The fourth-order valence-electron chi connectivity index (χ4n) is 1.89. The number of azide groups is 1. The van der Waals surface area contributed by atoms with Crippen molar-refractivity contribution >= 4 is 11.4 Å². The van der Waals surface area contributed by atoms with Gasteiger partial charge < -0.3 is 4.90 Å². The fraction of sp³-hybridized carbons (Fsp3) is 0.214. The zero-order chi connectivity index (χ0) is 13.8. The van der Waals surface area contributed by atoms with Crippen LogP contribution in [0.25, 0.3) is 21.6 Å². The van der Waals surface area contributed by atoms with Gasteiger partial charge in [0.1, 0.15) is 12.7 Å². The van der Waals surface area contributed by atoms with Gasteiger partial charge >= 0.3 is 0 Å². The molecule has 19 heavy (non-hydrogen) atoms. The summed E-state index contributed by atoms with van der Waals surface area (Å²) in [6, 6.07) is 10.1. The summed E-state index contributed by atoms with van der Waals surface area (Å²) in [5.41, 5.74) is 12.4. The average Bonchev–Trinajstić information content (AvgIpc) is 2.39. The Morgan fingerprint density at radius 1 is 1.16 bits per heavy atom. The fourth-order valence-corrected chi connectivity index (χ4v) is 1.89. The summed E-state index contributed by atoms with van der Waals surface area (Å²) in [5.74, 6) is 0. The van der Waals surface area contributed by atoms with Gasteiger partial charge in [0.05, 0.1) is 0 Å². The molecular weight excluding hydrogens is 238 g/mol. The zero-order valence-corrected chi connectivity index (χ0v) is 11.3. The SMILES string of the molecule is CN(C)c1ccc(-c2cc[n+](C)cc2N=[N+]=[N-])cc1. The van der Waals surface area contributed by atoms with Gasteiger partial charge in [-0.2, -0.15) is 0 Å². The third kappa shape index (κ3) is 2.84. The molecule has 1 aromatic carbocycles. The molecule has 0 saturated heterocycles. The summed E-state index contributed by atoms with van der Waals surface area (Å²) < 4.78 is 1.86. The first-order chi connectivity index (χ1) is 9.11. The Hall–Kier alpha value is -2.52. The number of nitrogens with zero attached hydrogens (tertiary/aromatic N) is 5. The monoisotopic (exact) mass is 254 g/mol. The summed E-state index contributed by atoms with van der Waals surface area (Å²) in [6.45, 7) is 0. The minimum Gasteiger partial charge on any atom is -0.378 e. The van der Waals surface area contributed by atoms with E-state index in [-0.39, 0.29) is 0 Å². The molecule has 0 saturated carbocycles.